The predicted octanol–water partition coefficient (Wildman–Crippen LogP) is 2.67. The number of hydrogen-bond acceptors (Lipinski definition) is 3. The van der Waals surface area contributed by atoms with Gasteiger partial charge < -0.3 is 10.1 Å². The summed E-state index contributed by atoms with van der Waals surface area (Å²) in [6, 6.07) is 10.4. The number of anilines is 1. The smallest absolute Gasteiger partial charge is 0.0485 e. The van der Waals surface area contributed by atoms with Crippen LogP contribution in [0.1, 0.15) is 31.2 Å². The summed E-state index contributed by atoms with van der Waals surface area (Å²) in [4.78, 5) is 2.54. The highest BCUT2D eigenvalue weighted by Crippen LogP contribution is 2.18. The number of nitrogens with one attached hydrogen (secondary N) is 1. The first-order valence-corrected chi connectivity index (χ1v) is 7.47. The van der Waals surface area contributed by atoms with Gasteiger partial charge in [-0.25, -0.2) is 0 Å². The zero-order chi connectivity index (χ0) is 12.9. The Bertz CT molecular complexity index is 395. The van der Waals surface area contributed by atoms with Gasteiger partial charge in [-0.2, -0.15) is 0 Å². The van der Waals surface area contributed by atoms with Crippen molar-refractivity contribution in [1.82, 2.24) is 4.90 Å². The van der Waals surface area contributed by atoms with Gasteiger partial charge in [0.1, 0.15) is 0 Å². The minimum absolute atomic E-state index is 0.548. The van der Waals surface area contributed by atoms with Gasteiger partial charge in [0.05, 0.1) is 0 Å². The lowest BCUT2D eigenvalue weighted by molar-refractivity contribution is 0.0904. The van der Waals surface area contributed by atoms with Crippen molar-refractivity contribution < 1.29 is 4.74 Å². The highest BCUT2D eigenvalue weighted by molar-refractivity contribution is 5.45. The molecule has 2 saturated heterocycles. The Hall–Kier alpha value is -1.06. The van der Waals surface area contributed by atoms with Gasteiger partial charge in [-0.1, -0.05) is 12.1 Å². The van der Waals surface area contributed by atoms with Gasteiger partial charge in [0.25, 0.3) is 0 Å². The lowest BCUT2D eigenvalue weighted by Crippen LogP contribution is -2.28. The molecule has 0 aromatic heterocycles. The lowest BCUT2D eigenvalue weighted by Gasteiger charge is -2.24. The third-order valence-corrected chi connectivity index (χ3v) is 4.05. The minimum Gasteiger partial charge on any atom is -0.382 e. The molecule has 0 atom stereocenters. The molecule has 0 aliphatic carbocycles. The van der Waals surface area contributed by atoms with Crippen LogP contribution in [-0.2, 0) is 11.3 Å². The van der Waals surface area contributed by atoms with E-state index < -0.39 is 0 Å². The van der Waals surface area contributed by atoms with Gasteiger partial charge in [-0.15, -0.1) is 0 Å². The standard InChI is InChI=1S/C16H23N2O/c1-2-9-18(8-1)13-14-4-3-5-16(12-14)17-15-6-10-19-11-7-15/h3-4,12,15,17H,1-2,6-11,13H2. The second kappa shape index (κ2) is 6.40. The number of benzene rings is 1. The summed E-state index contributed by atoms with van der Waals surface area (Å²) in [5.74, 6) is 0. The molecular formula is C16H23N2O. The Morgan fingerprint density at radius 2 is 2.05 bits per heavy atom. The maximum Gasteiger partial charge on any atom is 0.0485 e. The van der Waals surface area contributed by atoms with E-state index >= 15 is 0 Å². The molecule has 103 valence electrons. The Kier molecular flexibility index (Phi) is 4.36. The van der Waals surface area contributed by atoms with E-state index in [-0.39, 0.29) is 0 Å². The summed E-state index contributed by atoms with van der Waals surface area (Å²) >= 11 is 0. The van der Waals surface area contributed by atoms with Crippen molar-refractivity contribution in [2.45, 2.75) is 38.3 Å². The van der Waals surface area contributed by atoms with Crippen molar-refractivity contribution in [1.29, 1.82) is 0 Å². The van der Waals surface area contributed by atoms with Crippen molar-refractivity contribution in [2.24, 2.45) is 0 Å². The number of nitrogens with zero attached hydrogens (tertiary/aromatic N) is 1. The van der Waals surface area contributed by atoms with E-state index in [1.54, 1.807) is 0 Å². The summed E-state index contributed by atoms with van der Waals surface area (Å²) < 4.78 is 5.39. The molecule has 0 bridgehead atoms. The summed E-state index contributed by atoms with van der Waals surface area (Å²) in [6.07, 6.45) is 4.91. The minimum atomic E-state index is 0.548. The normalized spacial score (nSPS) is 21.7. The second-order valence-corrected chi connectivity index (χ2v) is 5.62. The summed E-state index contributed by atoms with van der Waals surface area (Å²) in [5.41, 5.74) is 2.54. The molecule has 3 nitrogen and oxygen atoms in total. The summed E-state index contributed by atoms with van der Waals surface area (Å²) in [6.45, 7) is 5.34. The molecule has 3 heteroatoms. The average molecular weight is 259 g/mol. The number of ether oxygens (including phenoxy) is 1. The van der Waals surface area contributed by atoms with Crippen molar-refractivity contribution in [3.05, 3.63) is 29.8 Å². The van der Waals surface area contributed by atoms with Gasteiger partial charge in [-0.3, -0.25) is 4.90 Å². The summed E-state index contributed by atoms with van der Waals surface area (Å²) in [5, 5.41) is 3.59. The maximum absolute atomic E-state index is 5.39. The fourth-order valence-electron chi connectivity index (χ4n) is 2.96. The fourth-order valence-corrected chi connectivity index (χ4v) is 2.96. The van der Waals surface area contributed by atoms with E-state index in [1.165, 1.54) is 31.5 Å². The molecule has 0 unspecified atom stereocenters. The number of likely N-dealkylation sites (tertiary alicyclic amines) is 1. The topological polar surface area (TPSA) is 24.5 Å². The number of rotatable bonds is 4. The molecule has 2 aliphatic rings. The van der Waals surface area contributed by atoms with Gasteiger partial charge in [0.15, 0.2) is 0 Å². The predicted molar refractivity (Wildman–Crippen MR) is 77.3 cm³/mol. The van der Waals surface area contributed by atoms with Crippen molar-refractivity contribution in [2.75, 3.05) is 31.6 Å². The number of hydrogen-bond donors (Lipinski definition) is 1. The van der Waals surface area contributed by atoms with E-state index in [4.69, 9.17) is 4.74 Å². The third-order valence-electron chi connectivity index (χ3n) is 4.05. The molecule has 1 radical (unpaired) electrons. The molecule has 1 N–H and O–H groups in total. The largest absolute Gasteiger partial charge is 0.382 e. The first-order valence-electron chi connectivity index (χ1n) is 7.47. The van der Waals surface area contributed by atoms with Crippen molar-refractivity contribution in [3.63, 3.8) is 0 Å². The molecule has 0 spiro atoms. The highest BCUT2D eigenvalue weighted by Gasteiger charge is 2.14. The van der Waals surface area contributed by atoms with E-state index in [0.29, 0.717) is 6.04 Å². The fraction of sp³-hybridized carbons (Fsp3) is 0.625. The zero-order valence-electron chi connectivity index (χ0n) is 11.5. The van der Waals surface area contributed by atoms with Gasteiger partial charge >= 0.3 is 0 Å². The SMILES string of the molecule is [c]1ccc(CN2CCCC2)cc1NC1CCOCC1. The van der Waals surface area contributed by atoms with Gasteiger partial charge in [0.2, 0.25) is 0 Å². The lowest BCUT2D eigenvalue weighted by atomic mass is 10.1. The molecule has 1 aromatic rings. The molecule has 2 aliphatic heterocycles. The maximum atomic E-state index is 5.39. The van der Waals surface area contributed by atoms with Crippen LogP contribution in [0.3, 0.4) is 0 Å². The third kappa shape index (κ3) is 3.71. The molecule has 1 aromatic carbocycles. The Balaban J connectivity index is 1.58. The van der Waals surface area contributed by atoms with Gasteiger partial charge in [0, 0.05) is 37.6 Å². The molecule has 2 fully saturated rings. The quantitative estimate of drug-likeness (QED) is 0.899. The second-order valence-electron chi connectivity index (χ2n) is 5.62. The molecular weight excluding hydrogens is 236 g/mol. The first-order chi connectivity index (χ1) is 9.40. The van der Waals surface area contributed by atoms with E-state index in [9.17, 15) is 0 Å². The van der Waals surface area contributed by atoms with Gasteiger partial charge in [-0.05, 0) is 50.4 Å². The first kappa shape index (κ1) is 12.9. The summed E-state index contributed by atoms with van der Waals surface area (Å²) in [7, 11) is 0. The van der Waals surface area contributed by atoms with E-state index in [0.717, 1.165) is 38.3 Å². The van der Waals surface area contributed by atoms with Crippen LogP contribution in [0, 0.1) is 6.07 Å². The van der Waals surface area contributed by atoms with Crippen LogP contribution >= 0.6 is 0 Å². The van der Waals surface area contributed by atoms with E-state index in [2.05, 4.69) is 28.4 Å². The average Bonchev–Trinajstić information content (AvgIpc) is 2.93. The molecule has 19 heavy (non-hydrogen) atoms. The Morgan fingerprint density at radius 3 is 2.84 bits per heavy atom. The molecule has 3 rings (SSSR count). The van der Waals surface area contributed by atoms with Crippen LogP contribution in [0.15, 0.2) is 18.2 Å². The zero-order valence-corrected chi connectivity index (χ0v) is 11.5. The monoisotopic (exact) mass is 259 g/mol. The van der Waals surface area contributed by atoms with Crippen LogP contribution in [0.5, 0.6) is 0 Å². The molecule has 0 saturated carbocycles. The van der Waals surface area contributed by atoms with Crippen LogP contribution < -0.4 is 5.32 Å². The molecule has 0 amide bonds. The van der Waals surface area contributed by atoms with E-state index in [1.807, 2.05) is 6.07 Å². The van der Waals surface area contributed by atoms with Crippen molar-refractivity contribution in [3.8, 4) is 0 Å². The Morgan fingerprint density at radius 1 is 1.26 bits per heavy atom. The van der Waals surface area contributed by atoms with Crippen LogP contribution in [0.2, 0.25) is 0 Å². The van der Waals surface area contributed by atoms with Crippen LogP contribution in [-0.4, -0.2) is 37.2 Å². The van der Waals surface area contributed by atoms with Crippen LogP contribution in [0.4, 0.5) is 5.69 Å². The Labute approximate surface area is 115 Å². The van der Waals surface area contributed by atoms with Crippen molar-refractivity contribution >= 4 is 5.69 Å². The van der Waals surface area contributed by atoms with Crippen LogP contribution in [0.25, 0.3) is 0 Å². The molecule has 2 heterocycles. The highest BCUT2D eigenvalue weighted by atomic mass is 16.5.